The van der Waals surface area contributed by atoms with E-state index in [0.29, 0.717) is 24.4 Å². The summed E-state index contributed by atoms with van der Waals surface area (Å²) in [5.74, 6) is -0.0719. The minimum absolute atomic E-state index is 0.0178. The summed E-state index contributed by atoms with van der Waals surface area (Å²) in [5.41, 5.74) is 3.57. The third-order valence-corrected chi connectivity index (χ3v) is 5.04. The monoisotopic (exact) mass is 385 g/mol. The molecule has 0 N–H and O–H groups in total. The normalized spacial score (nSPS) is 17.0. The van der Waals surface area contributed by atoms with E-state index in [1.54, 1.807) is 11.0 Å². The van der Waals surface area contributed by atoms with Crippen molar-refractivity contribution < 1.29 is 13.7 Å². The number of hydrogen-bond acceptors (Lipinski definition) is 4. The van der Waals surface area contributed by atoms with E-state index in [2.05, 4.69) is 16.2 Å². The summed E-state index contributed by atoms with van der Waals surface area (Å²) in [4.78, 5) is 18.6. The van der Waals surface area contributed by atoms with Gasteiger partial charge in [0.25, 0.3) is 0 Å². The predicted octanol–water partition coefficient (Wildman–Crippen LogP) is 4.67. The Kier molecular flexibility index (Phi) is 4.44. The van der Waals surface area contributed by atoms with Gasteiger partial charge in [0.1, 0.15) is 5.82 Å². The summed E-state index contributed by atoms with van der Waals surface area (Å²) in [5, 5.41) is 3.96. The number of rotatable bonds is 3. The second-order valence-electron chi connectivity index (χ2n) is 6.78. The van der Waals surface area contributed by atoms with Crippen LogP contribution in [0.1, 0.15) is 29.4 Å². The molecule has 1 saturated heterocycles. The Labute approximate surface area is 160 Å². The fourth-order valence-electron chi connectivity index (χ4n) is 3.37. The molecule has 0 saturated carbocycles. The van der Waals surface area contributed by atoms with Crippen molar-refractivity contribution in [3.63, 3.8) is 0 Å². The highest BCUT2D eigenvalue weighted by Crippen LogP contribution is 2.34. The van der Waals surface area contributed by atoms with Crippen LogP contribution in [0.25, 0.3) is 11.4 Å². The molecule has 1 aliphatic heterocycles. The van der Waals surface area contributed by atoms with Gasteiger partial charge in [-0.15, -0.1) is 0 Å². The Hall–Kier alpha value is -2.73. The maximum absolute atomic E-state index is 13.7. The zero-order valence-corrected chi connectivity index (χ0v) is 15.6. The smallest absolute Gasteiger partial charge is 0.232 e. The molecule has 27 heavy (non-hydrogen) atoms. The van der Waals surface area contributed by atoms with Gasteiger partial charge in [0.2, 0.25) is 17.6 Å². The number of amides is 1. The van der Waals surface area contributed by atoms with Gasteiger partial charge in [0, 0.05) is 24.2 Å². The molecule has 2 aromatic carbocycles. The van der Waals surface area contributed by atoms with Crippen molar-refractivity contribution in [3.05, 3.63) is 64.3 Å². The van der Waals surface area contributed by atoms with Crippen molar-refractivity contribution in [1.29, 1.82) is 0 Å². The molecular formula is C20H17ClFN3O2. The zero-order chi connectivity index (χ0) is 19.1. The van der Waals surface area contributed by atoms with Crippen LogP contribution in [0.5, 0.6) is 0 Å². The van der Waals surface area contributed by atoms with Crippen molar-refractivity contribution in [2.24, 2.45) is 0 Å². The predicted molar refractivity (Wildman–Crippen MR) is 100 cm³/mol. The second-order valence-corrected chi connectivity index (χ2v) is 7.19. The topological polar surface area (TPSA) is 59.2 Å². The minimum atomic E-state index is -0.544. The van der Waals surface area contributed by atoms with Crippen LogP contribution < -0.4 is 4.90 Å². The molecule has 5 nitrogen and oxygen atoms in total. The highest BCUT2D eigenvalue weighted by Gasteiger charge is 2.35. The average molecular weight is 386 g/mol. The maximum atomic E-state index is 13.7. The van der Waals surface area contributed by atoms with Gasteiger partial charge in [-0.25, -0.2) is 4.39 Å². The first-order valence-corrected chi connectivity index (χ1v) is 8.97. The van der Waals surface area contributed by atoms with E-state index in [9.17, 15) is 9.18 Å². The molecule has 0 radical (unpaired) electrons. The van der Waals surface area contributed by atoms with E-state index in [-0.39, 0.29) is 22.7 Å². The zero-order valence-electron chi connectivity index (χ0n) is 14.9. The molecular weight excluding hydrogens is 369 g/mol. The Morgan fingerprint density at radius 3 is 2.78 bits per heavy atom. The van der Waals surface area contributed by atoms with Crippen molar-refractivity contribution in [2.75, 3.05) is 11.4 Å². The summed E-state index contributed by atoms with van der Waals surface area (Å²) < 4.78 is 19.0. The molecule has 0 spiro atoms. The molecule has 1 amide bonds. The lowest BCUT2D eigenvalue weighted by Crippen LogP contribution is -2.25. The molecule has 138 valence electrons. The van der Waals surface area contributed by atoms with Crippen molar-refractivity contribution in [3.8, 4) is 11.4 Å². The highest BCUT2D eigenvalue weighted by molar-refractivity contribution is 6.30. The molecule has 1 aliphatic rings. The van der Waals surface area contributed by atoms with E-state index in [1.165, 1.54) is 12.1 Å². The molecule has 0 bridgehead atoms. The van der Waals surface area contributed by atoms with E-state index in [4.69, 9.17) is 16.1 Å². The number of carbonyl (C=O) groups excluding carboxylic acids is 1. The molecule has 7 heteroatoms. The number of benzene rings is 2. The third kappa shape index (κ3) is 3.32. The van der Waals surface area contributed by atoms with Crippen LogP contribution in [0, 0.1) is 19.7 Å². The van der Waals surface area contributed by atoms with Crippen molar-refractivity contribution in [1.82, 2.24) is 10.1 Å². The fraction of sp³-hybridized carbons (Fsp3) is 0.250. The average Bonchev–Trinajstić information content (AvgIpc) is 3.25. The molecule has 0 aliphatic carbocycles. The van der Waals surface area contributed by atoms with Gasteiger partial charge in [-0.1, -0.05) is 34.5 Å². The summed E-state index contributed by atoms with van der Waals surface area (Å²) in [6.07, 6.45) is 0.296. The van der Waals surface area contributed by atoms with E-state index >= 15 is 0 Å². The second kappa shape index (κ2) is 6.78. The Morgan fingerprint density at radius 2 is 2.04 bits per heavy atom. The maximum Gasteiger partial charge on any atom is 0.232 e. The summed E-state index contributed by atoms with van der Waals surface area (Å²) in [6.45, 7) is 4.48. The van der Waals surface area contributed by atoms with Crippen molar-refractivity contribution in [2.45, 2.75) is 26.2 Å². The van der Waals surface area contributed by atoms with Gasteiger partial charge in [0.15, 0.2) is 0 Å². The van der Waals surface area contributed by atoms with Crippen LogP contribution in [0.3, 0.4) is 0 Å². The number of aromatic nitrogens is 2. The number of anilines is 1. The van der Waals surface area contributed by atoms with Gasteiger partial charge < -0.3 is 9.42 Å². The Bertz CT molecular complexity index is 1030. The van der Waals surface area contributed by atoms with Crippen LogP contribution in [0.2, 0.25) is 5.02 Å². The van der Waals surface area contributed by atoms with Crippen LogP contribution in [0.15, 0.2) is 40.9 Å². The third-order valence-electron chi connectivity index (χ3n) is 4.74. The van der Waals surface area contributed by atoms with Crippen LogP contribution >= 0.6 is 11.6 Å². The van der Waals surface area contributed by atoms with Crippen LogP contribution in [-0.4, -0.2) is 22.6 Å². The molecule has 4 rings (SSSR count). The number of aryl methyl sites for hydroxylation is 2. The Balaban J connectivity index is 1.57. The lowest BCUT2D eigenvalue weighted by atomic mass is 10.1. The lowest BCUT2D eigenvalue weighted by molar-refractivity contribution is -0.117. The van der Waals surface area contributed by atoms with Gasteiger partial charge in [-0.3, -0.25) is 4.79 Å². The number of carbonyl (C=O) groups is 1. The molecule has 1 atom stereocenters. The summed E-state index contributed by atoms with van der Waals surface area (Å²) in [7, 11) is 0. The van der Waals surface area contributed by atoms with E-state index in [0.717, 1.165) is 16.8 Å². The molecule has 1 aromatic heterocycles. The molecule has 2 heterocycles. The number of hydrogen-bond donors (Lipinski definition) is 0. The first kappa shape index (κ1) is 17.7. The standard InChI is InChI=1S/C20H17ClFN3O2/c1-11-3-6-17(12(2)7-11)25-10-14(9-18(25)26)20-23-19(24-27-20)13-4-5-15(21)16(22)8-13/h3-8,14H,9-10H2,1-2H3. The van der Waals surface area contributed by atoms with Gasteiger partial charge in [0.05, 0.1) is 10.9 Å². The number of nitrogens with zero attached hydrogens (tertiary/aromatic N) is 3. The lowest BCUT2D eigenvalue weighted by Gasteiger charge is -2.19. The van der Waals surface area contributed by atoms with Crippen LogP contribution in [0.4, 0.5) is 10.1 Å². The largest absolute Gasteiger partial charge is 0.339 e. The fourth-order valence-corrected chi connectivity index (χ4v) is 3.49. The van der Waals surface area contributed by atoms with Crippen molar-refractivity contribution >= 4 is 23.2 Å². The Morgan fingerprint density at radius 1 is 1.22 bits per heavy atom. The molecule has 1 fully saturated rings. The quantitative estimate of drug-likeness (QED) is 0.657. The number of halogens is 2. The summed E-state index contributed by atoms with van der Waals surface area (Å²) in [6, 6.07) is 10.3. The SMILES string of the molecule is Cc1ccc(N2CC(c3nc(-c4ccc(Cl)c(F)c4)no3)CC2=O)c(C)c1. The van der Waals surface area contributed by atoms with E-state index < -0.39 is 5.82 Å². The van der Waals surface area contributed by atoms with Gasteiger partial charge >= 0.3 is 0 Å². The van der Waals surface area contributed by atoms with Crippen LogP contribution in [-0.2, 0) is 4.79 Å². The molecule has 3 aromatic rings. The van der Waals surface area contributed by atoms with Gasteiger partial charge in [-0.05, 0) is 43.7 Å². The first-order valence-electron chi connectivity index (χ1n) is 8.59. The van der Waals surface area contributed by atoms with E-state index in [1.807, 2.05) is 26.0 Å². The van der Waals surface area contributed by atoms with Gasteiger partial charge in [-0.2, -0.15) is 4.98 Å². The highest BCUT2D eigenvalue weighted by atomic mass is 35.5. The minimum Gasteiger partial charge on any atom is -0.339 e. The summed E-state index contributed by atoms with van der Waals surface area (Å²) >= 11 is 5.71. The molecule has 1 unspecified atom stereocenters. The first-order chi connectivity index (χ1) is 12.9.